The van der Waals surface area contributed by atoms with Gasteiger partial charge in [-0.2, -0.15) is 17.2 Å². The molecule has 0 bridgehead atoms. The first-order chi connectivity index (χ1) is 19.5. The van der Waals surface area contributed by atoms with Gasteiger partial charge in [0.15, 0.2) is 26.6 Å². The lowest BCUT2D eigenvalue weighted by atomic mass is 9.87. The van der Waals surface area contributed by atoms with Gasteiger partial charge in [0.2, 0.25) is 0 Å². The quantitative estimate of drug-likeness (QED) is 0.184. The van der Waals surface area contributed by atoms with Crippen molar-refractivity contribution in [1.29, 1.82) is 0 Å². The molecule has 3 aromatic rings. The van der Waals surface area contributed by atoms with Gasteiger partial charge >= 0.3 is 15.4 Å². The van der Waals surface area contributed by atoms with Crippen LogP contribution in [-0.2, 0) is 41.7 Å². The Bertz CT molecular complexity index is 1450. The molecule has 1 fully saturated rings. The van der Waals surface area contributed by atoms with Crippen molar-refractivity contribution in [3.05, 3.63) is 83.9 Å². The molecule has 1 N–H and O–H groups in total. The van der Waals surface area contributed by atoms with Gasteiger partial charge in [-0.3, -0.25) is 4.55 Å². The normalized spacial score (nSPS) is 21.2. The molecule has 10 heteroatoms. The third-order valence-electron chi connectivity index (χ3n) is 7.31. The van der Waals surface area contributed by atoms with Gasteiger partial charge in [-0.15, -0.1) is 0 Å². The maximum Gasteiger partial charge on any atom is 0.405 e. The molecular weight excluding hydrogens is 582 g/mol. The van der Waals surface area contributed by atoms with Crippen molar-refractivity contribution in [3.63, 3.8) is 0 Å². The summed E-state index contributed by atoms with van der Waals surface area (Å²) >= 11 is 0. The van der Waals surface area contributed by atoms with E-state index in [1.807, 2.05) is 19.1 Å². The first-order valence-corrected chi connectivity index (χ1v) is 16.6. The Morgan fingerprint density at radius 2 is 1.48 bits per heavy atom. The summed E-state index contributed by atoms with van der Waals surface area (Å²) in [5.74, 6) is -0.757. The standard InChI is InChI=1S/C32H38F2O6S2/c1-7-8-26-21-38-31(6,40-26)24-11-17-28(18-12-24)41(27-15-9-23(10-16-27)30(3,4)5)29-19-13-25(14-20-29)39-22(2)32(33,34)42(35,36)37/h9-20,22,26H,7-8,21H2,1-6H3/p+1. The molecule has 0 aliphatic carbocycles. The molecule has 6 nitrogen and oxygen atoms in total. The molecule has 4 atom stereocenters. The minimum Gasteiger partial charge on any atom is -0.483 e. The number of benzene rings is 3. The molecule has 4 rings (SSSR count). The summed E-state index contributed by atoms with van der Waals surface area (Å²) in [6.07, 6.45) is -0.0666. The highest BCUT2D eigenvalue weighted by molar-refractivity contribution is 7.97. The van der Waals surface area contributed by atoms with Gasteiger partial charge in [0.25, 0.3) is 0 Å². The molecule has 0 spiro atoms. The Labute approximate surface area is 250 Å². The molecule has 1 aliphatic rings. The van der Waals surface area contributed by atoms with Crippen LogP contribution in [-0.4, -0.2) is 37.0 Å². The number of hydrogen-bond donors (Lipinski definition) is 1. The second-order valence-electron chi connectivity index (χ2n) is 11.7. The minimum atomic E-state index is -5.62. The molecule has 0 radical (unpaired) electrons. The molecule has 0 amide bonds. The van der Waals surface area contributed by atoms with E-state index in [9.17, 15) is 17.2 Å². The van der Waals surface area contributed by atoms with Gasteiger partial charge in [0.1, 0.15) is 5.75 Å². The summed E-state index contributed by atoms with van der Waals surface area (Å²) in [7, 11) is -6.18. The fourth-order valence-electron chi connectivity index (χ4n) is 4.78. The van der Waals surface area contributed by atoms with Gasteiger partial charge in [0.05, 0.1) is 23.6 Å². The Balaban J connectivity index is 1.66. The highest BCUT2D eigenvalue weighted by atomic mass is 32.2. The molecule has 42 heavy (non-hydrogen) atoms. The molecule has 228 valence electrons. The Kier molecular flexibility index (Phi) is 9.45. The second kappa shape index (κ2) is 12.2. The van der Waals surface area contributed by atoms with Crippen LogP contribution in [0, 0.1) is 0 Å². The molecule has 0 aromatic heterocycles. The van der Waals surface area contributed by atoms with E-state index in [1.54, 1.807) is 12.1 Å². The van der Waals surface area contributed by atoms with Gasteiger partial charge in [-0.25, -0.2) is 0 Å². The Morgan fingerprint density at radius 3 is 1.95 bits per heavy atom. The molecule has 4 unspecified atom stereocenters. The van der Waals surface area contributed by atoms with Crippen LogP contribution in [0.5, 0.6) is 5.75 Å². The number of ether oxygens (including phenoxy) is 3. The fraction of sp³-hybridized carbons (Fsp3) is 0.438. The van der Waals surface area contributed by atoms with Crippen LogP contribution >= 0.6 is 0 Å². The third-order valence-corrected chi connectivity index (χ3v) is 10.6. The SMILES string of the molecule is CCCC1COC(C)(c2ccc([S+](c3ccc(OC(C)C(F)(F)S(=O)(=O)O)cc3)c3ccc(C(C)(C)C)cc3)cc2)O1. The van der Waals surface area contributed by atoms with E-state index in [-0.39, 0.29) is 17.3 Å². The Morgan fingerprint density at radius 1 is 0.976 bits per heavy atom. The van der Waals surface area contributed by atoms with Crippen LogP contribution < -0.4 is 4.74 Å². The van der Waals surface area contributed by atoms with Crippen LogP contribution in [0.2, 0.25) is 0 Å². The number of rotatable bonds is 10. The third kappa shape index (κ3) is 7.00. The van der Waals surface area contributed by atoms with Gasteiger partial charge < -0.3 is 14.2 Å². The van der Waals surface area contributed by atoms with Crippen molar-refractivity contribution in [2.75, 3.05) is 6.61 Å². The lowest BCUT2D eigenvalue weighted by Crippen LogP contribution is -2.42. The largest absolute Gasteiger partial charge is 0.483 e. The van der Waals surface area contributed by atoms with E-state index in [1.165, 1.54) is 17.7 Å². The van der Waals surface area contributed by atoms with Crippen LogP contribution in [0.4, 0.5) is 8.78 Å². The van der Waals surface area contributed by atoms with Crippen molar-refractivity contribution in [2.45, 2.75) is 97.7 Å². The summed E-state index contributed by atoms with van der Waals surface area (Å²) in [4.78, 5) is 3.02. The zero-order valence-electron chi connectivity index (χ0n) is 24.8. The summed E-state index contributed by atoms with van der Waals surface area (Å²) in [6, 6.07) is 23.2. The highest BCUT2D eigenvalue weighted by Crippen LogP contribution is 2.38. The maximum atomic E-state index is 14.0. The smallest absolute Gasteiger partial charge is 0.405 e. The maximum absolute atomic E-state index is 14.0. The molecule has 3 aromatic carbocycles. The molecule has 1 aliphatic heterocycles. The highest BCUT2D eigenvalue weighted by Gasteiger charge is 2.51. The molecule has 1 heterocycles. The van der Waals surface area contributed by atoms with Crippen molar-refractivity contribution in [3.8, 4) is 5.75 Å². The van der Waals surface area contributed by atoms with E-state index in [2.05, 4.69) is 64.1 Å². The van der Waals surface area contributed by atoms with Gasteiger partial charge in [-0.1, -0.05) is 46.2 Å². The summed E-state index contributed by atoms with van der Waals surface area (Å²) < 4.78 is 76.7. The molecule has 1 saturated heterocycles. The van der Waals surface area contributed by atoms with Crippen LogP contribution in [0.25, 0.3) is 0 Å². The lowest BCUT2D eigenvalue weighted by molar-refractivity contribution is -0.162. The summed E-state index contributed by atoms with van der Waals surface area (Å²) in [6.45, 7) is 12.0. The van der Waals surface area contributed by atoms with Crippen LogP contribution in [0.1, 0.15) is 65.5 Å². The molecular formula is C32H39F2O6S2+. The Hall–Kier alpha value is -2.50. The number of alkyl halides is 2. The fourth-order valence-corrected chi connectivity index (χ4v) is 7.29. The first-order valence-electron chi connectivity index (χ1n) is 13.9. The predicted molar refractivity (Wildman–Crippen MR) is 160 cm³/mol. The van der Waals surface area contributed by atoms with Crippen LogP contribution in [0.15, 0.2) is 87.5 Å². The average molecular weight is 622 g/mol. The average Bonchev–Trinajstić information content (AvgIpc) is 3.31. The van der Waals surface area contributed by atoms with Crippen molar-refractivity contribution < 1.29 is 36.0 Å². The topological polar surface area (TPSA) is 82.1 Å². The number of hydrogen-bond acceptors (Lipinski definition) is 5. The minimum absolute atomic E-state index is 0.00899. The van der Waals surface area contributed by atoms with Gasteiger partial charge in [0, 0.05) is 5.56 Å². The van der Waals surface area contributed by atoms with Crippen molar-refractivity contribution in [2.24, 2.45) is 0 Å². The summed E-state index contributed by atoms with van der Waals surface area (Å²) in [5, 5.41) is -4.45. The second-order valence-corrected chi connectivity index (χ2v) is 15.2. The monoisotopic (exact) mass is 621 g/mol. The van der Waals surface area contributed by atoms with E-state index >= 15 is 0 Å². The van der Waals surface area contributed by atoms with Crippen LogP contribution in [0.3, 0.4) is 0 Å². The van der Waals surface area contributed by atoms with Gasteiger partial charge in [-0.05, 0) is 91.9 Å². The molecule has 0 saturated carbocycles. The van der Waals surface area contributed by atoms with E-state index in [0.29, 0.717) is 6.61 Å². The zero-order chi connectivity index (χ0) is 30.9. The summed E-state index contributed by atoms with van der Waals surface area (Å²) in [5.41, 5.74) is 2.12. The first kappa shape index (κ1) is 32.4. The number of halogens is 2. The van der Waals surface area contributed by atoms with Crippen molar-refractivity contribution >= 4 is 21.0 Å². The predicted octanol–water partition coefficient (Wildman–Crippen LogP) is 7.72. The zero-order valence-corrected chi connectivity index (χ0v) is 26.4. The lowest BCUT2D eigenvalue weighted by Gasteiger charge is -2.24. The van der Waals surface area contributed by atoms with E-state index in [4.69, 9.17) is 18.8 Å². The van der Waals surface area contributed by atoms with Crippen molar-refractivity contribution in [1.82, 2.24) is 0 Å². The van der Waals surface area contributed by atoms with E-state index < -0.39 is 38.2 Å². The van der Waals surface area contributed by atoms with E-state index in [0.717, 1.165) is 40.0 Å².